The van der Waals surface area contributed by atoms with Gasteiger partial charge in [0.05, 0.1) is 10.6 Å². The number of nitrogens with one attached hydrogen (secondary N) is 1. The molecule has 8 heteroatoms. The van der Waals surface area contributed by atoms with E-state index in [1.54, 1.807) is 20.0 Å². The molecule has 0 aromatic carbocycles. The highest BCUT2D eigenvalue weighted by atomic mass is 32.2. The topological polar surface area (TPSA) is 94.0 Å². The van der Waals surface area contributed by atoms with Gasteiger partial charge in [0.2, 0.25) is 0 Å². The van der Waals surface area contributed by atoms with Gasteiger partial charge in [-0.1, -0.05) is 0 Å². The summed E-state index contributed by atoms with van der Waals surface area (Å²) in [7, 11) is -1.72. The lowest BCUT2D eigenvalue weighted by molar-refractivity contribution is 0.601. The Bertz CT molecular complexity index is 794. The van der Waals surface area contributed by atoms with Crippen LogP contribution in [-0.4, -0.2) is 29.4 Å². The second-order valence-corrected chi connectivity index (χ2v) is 6.42. The van der Waals surface area contributed by atoms with Gasteiger partial charge < -0.3 is 5.32 Å². The van der Waals surface area contributed by atoms with E-state index in [4.69, 9.17) is 0 Å². The van der Waals surface area contributed by atoms with Crippen LogP contribution in [0.5, 0.6) is 0 Å². The average molecular weight is 294 g/mol. The fourth-order valence-corrected chi connectivity index (χ4v) is 2.22. The van der Waals surface area contributed by atoms with Gasteiger partial charge in [0.25, 0.3) is 5.56 Å². The first-order valence-corrected chi connectivity index (χ1v) is 7.64. The molecule has 0 radical (unpaired) electrons. The van der Waals surface area contributed by atoms with Crippen molar-refractivity contribution in [3.8, 4) is 0 Å². The molecular weight excluding hydrogens is 280 g/mol. The smallest absolute Gasteiger partial charge is 0.290 e. The largest absolute Gasteiger partial charge is 0.336 e. The molecule has 1 N–H and O–H groups in total. The number of sulfone groups is 1. The average Bonchev–Trinajstić information content (AvgIpc) is 2.35. The molecule has 0 atom stereocenters. The molecular formula is C12H14N4O3S. The van der Waals surface area contributed by atoms with E-state index in [1.165, 1.54) is 23.0 Å². The van der Waals surface area contributed by atoms with Crippen LogP contribution in [0.3, 0.4) is 0 Å². The van der Waals surface area contributed by atoms with Gasteiger partial charge in [-0.05, 0) is 25.1 Å². The second-order valence-electron chi connectivity index (χ2n) is 4.40. The van der Waals surface area contributed by atoms with Crippen LogP contribution in [0.25, 0.3) is 0 Å². The zero-order valence-corrected chi connectivity index (χ0v) is 12.1. The maximum atomic E-state index is 11.9. The Morgan fingerprint density at radius 1 is 1.30 bits per heavy atom. The van der Waals surface area contributed by atoms with Gasteiger partial charge in [-0.2, -0.15) is 5.10 Å². The van der Waals surface area contributed by atoms with Gasteiger partial charge >= 0.3 is 0 Å². The maximum absolute atomic E-state index is 11.9. The van der Waals surface area contributed by atoms with E-state index in [1.807, 2.05) is 0 Å². The first-order valence-electron chi connectivity index (χ1n) is 5.75. The zero-order valence-electron chi connectivity index (χ0n) is 11.3. The molecule has 0 saturated carbocycles. The summed E-state index contributed by atoms with van der Waals surface area (Å²) in [5.74, 6) is 0.389. The van der Waals surface area contributed by atoms with Crippen LogP contribution in [-0.2, 0) is 16.9 Å². The minimum absolute atomic E-state index is 0.127. The summed E-state index contributed by atoms with van der Waals surface area (Å²) in [5.41, 5.74) is 0.728. The minimum Gasteiger partial charge on any atom is -0.336 e. The first kappa shape index (κ1) is 14.2. The standard InChI is InChI=1S/C12H14N4O3S/c1-8-6-10(12(17)16(2)15-8)14-11-5-4-9(7-13-11)20(3,18)19/h4-7H,1-3H3,(H,13,14). The van der Waals surface area contributed by atoms with Crippen LogP contribution in [0.4, 0.5) is 11.5 Å². The van der Waals surface area contributed by atoms with E-state index >= 15 is 0 Å². The Kier molecular flexibility index (Phi) is 3.58. The summed E-state index contributed by atoms with van der Waals surface area (Å²) in [5, 5.41) is 6.84. The van der Waals surface area contributed by atoms with Crippen molar-refractivity contribution in [3.05, 3.63) is 40.4 Å². The van der Waals surface area contributed by atoms with Crippen molar-refractivity contribution >= 4 is 21.3 Å². The SMILES string of the molecule is Cc1cc(Nc2ccc(S(C)(=O)=O)cn2)c(=O)n(C)n1. The molecule has 0 unspecified atom stereocenters. The predicted octanol–water partition coefficient (Wildman–Crippen LogP) is 0.631. The molecule has 2 heterocycles. The van der Waals surface area contributed by atoms with Gasteiger partial charge in [0.15, 0.2) is 9.84 Å². The number of pyridine rings is 1. The molecule has 2 aromatic rings. The first-order chi connectivity index (χ1) is 9.27. The Labute approximate surface area is 116 Å². The van der Waals surface area contributed by atoms with E-state index in [-0.39, 0.29) is 10.5 Å². The van der Waals surface area contributed by atoms with Crippen LogP contribution in [0, 0.1) is 6.92 Å². The van der Waals surface area contributed by atoms with Crippen molar-refractivity contribution in [2.45, 2.75) is 11.8 Å². The summed E-state index contributed by atoms with van der Waals surface area (Å²) < 4.78 is 23.9. The van der Waals surface area contributed by atoms with Crippen LogP contribution >= 0.6 is 0 Å². The van der Waals surface area contributed by atoms with Gasteiger partial charge in [0, 0.05) is 19.5 Å². The third-order valence-electron chi connectivity index (χ3n) is 2.61. The highest BCUT2D eigenvalue weighted by molar-refractivity contribution is 7.90. The lowest BCUT2D eigenvalue weighted by Gasteiger charge is -2.07. The Morgan fingerprint density at radius 2 is 2.00 bits per heavy atom. The van der Waals surface area contributed by atoms with E-state index in [0.29, 0.717) is 17.2 Å². The van der Waals surface area contributed by atoms with E-state index in [9.17, 15) is 13.2 Å². The van der Waals surface area contributed by atoms with Crippen LogP contribution in [0.2, 0.25) is 0 Å². The summed E-state index contributed by atoms with van der Waals surface area (Å²) in [6.07, 6.45) is 2.36. The number of hydrogen-bond donors (Lipinski definition) is 1. The number of aryl methyl sites for hydroxylation is 2. The Hall–Kier alpha value is -2.22. The van der Waals surface area contributed by atoms with Crippen molar-refractivity contribution in [1.29, 1.82) is 0 Å². The summed E-state index contributed by atoms with van der Waals surface area (Å²) >= 11 is 0. The number of nitrogens with zero attached hydrogens (tertiary/aromatic N) is 3. The molecule has 0 saturated heterocycles. The maximum Gasteiger partial charge on any atom is 0.290 e. The quantitative estimate of drug-likeness (QED) is 0.892. The molecule has 0 bridgehead atoms. The van der Waals surface area contributed by atoms with E-state index < -0.39 is 9.84 Å². The second kappa shape index (κ2) is 5.04. The van der Waals surface area contributed by atoms with E-state index in [0.717, 1.165) is 6.26 Å². The predicted molar refractivity (Wildman–Crippen MR) is 74.8 cm³/mol. The molecule has 2 aromatic heterocycles. The van der Waals surface area contributed by atoms with Gasteiger partial charge in [0.1, 0.15) is 11.5 Å². The summed E-state index contributed by atoms with van der Waals surface area (Å²) in [6, 6.07) is 4.54. The molecule has 0 spiro atoms. The van der Waals surface area contributed by atoms with Crippen molar-refractivity contribution in [3.63, 3.8) is 0 Å². The normalized spacial score (nSPS) is 11.3. The third kappa shape index (κ3) is 3.02. The monoisotopic (exact) mass is 294 g/mol. The van der Waals surface area contributed by atoms with Crippen LogP contribution < -0.4 is 10.9 Å². The van der Waals surface area contributed by atoms with E-state index in [2.05, 4.69) is 15.4 Å². The number of anilines is 2. The highest BCUT2D eigenvalue weighted by Gasteiger charge is 2.09. The van der Waals surface area contributed by atoms with Gasteiger partial charge in [-0.15, -0.1) is 0 Å². The van der Waals surface area contributed by atoms with Gasteiger partial charge in [-0.25, -0.2) is 18.1 Å². The molecule has 0 aliphatic rings. The fraction of sp³-hybridized carbons (Fsp3) is 0.250. The number of aromatic nitrogens is 3. The molecule has 0 aliphatic carbocycles. The van der Waals surface area contributed by atoms with Crippen LogP contribution in [0.15, 0.2) is 34.1 Å². The molecule has 106 valence electrons. The molecule has 0 amide bonds. The molecule has 20 heavy (non-hydrogen) atoms. The third-order valence-corrected chi connectivity index (χ3v) is 3.71. The molecule has 2 rings (SSSR count). The van der Waals surface area contributed by atoms with Crippen molar-refractivity contribution < 1.29 is 8.42 Å². The fourth-order valence-electron chi connectivity index (χ4n) is 1.66. The molecule has 0 aliphatic heterocycles. The van der Waals surface area contributed by atoms with Crippen LogP contribution in [0.1, 0.15) is 5.69 Å². The lowest BCUT2D eigenvalue weighted by Crippen LogP contribution is -2.22. The Balaban J connectivity index is 2.34. The van der Waals surface area contributed by atoms with Gasteiger partial charge in [-0.3, -0.25) is 4.79 Å². The van der Waals surface area contributed by atoms with Crippen molar-refractivity contribution in [2.75, 3.05) is 11.6 Å². The van der Waals surface area contributed by atoms with Crippen molar-refractivity contribution in [1.82, 2.24) is 14.8 Å². The lowest BCUT2D eigenvalue weighted by atomic mass is 10.3. The molecule has 0 fully saturated rings. The minimum atomic E-state index is -3.28. The summed E-state index contributed by atoms with van der Waals surface area (Å²) in [4.78, 5) is 16.0. The number of hydrogen-bond acceptors (Lipinski definition) is 6. The zero-order chi connectivity index (χ0) is 14.9. The van der Waals surface area contributed by atoms with Crippen molar-refractivity contribution in [2.24, 2.45) is 7.05 Å². The highest BCUT2D eigenvalue weighted by Crippen LogP contribution is 2.14. The Morgan fingerprint density at radius 3 is 2.55 bits per heavy atom. The summed E-state index contributed by atoms with van der Waals surface area (Å²) in [6.45, 7) is 1.77. The molecule has 7 nitrogen and oxygen atoms in total. The number of rotatable bonds is 3.